The lowest BCUT2D eigenvalue weighted by Gasteiger charge is -2.20. The second-order valence-corrected chi connectivity index (χ2v) is 7.80. The van der Waals surface area contributed by atoms with Gasteiger partial charge >= 0.3 is 0 Å². The Kier molecular flexibility index (Phi) is 5.82. The van der Waals surface area contributed by atoms with Crippen LogP contribution in [0.3, 0.4) is 0 Å². The van der Waals surface area contributed by atoms with Gasteiger partial charge in [-0.2, -0.15) is 0 Å². The van der Waals surface area contributed by atoms with E-state index >= 15 is 0 Å². The summed E-state index contributed by atoms with van der Waals surface area (Å²) in [6, 6.07) is 16.5. The molecule has 1 aromatic heterocycles. The van der Waals surface area contributed by atoms with E-state index in [2.05, 4.69) is 10.3 Å². The summed E-state index contributed by atoms with van der Waals surface area (Å²) < 4.78 is 0. The maximum absolute atomic E-state index is 13.2. The lowest BCUT2D eigenvalue weighted by molar-refractivity contribution is -0.120. The smallest absolute Gasteiger partial charge is 0.244 e. The molecule has 7 heteroatoms. The van der Waals surface area contributed by atoms with Crippen molar-refractivity contribution in [1.29, 1.82) is 0 Å². The summed E-state index contributed by atoms with van der Waals surface area (Å²) in [4.78, 5) is 36.3. The summed E-state index contributed by atoms with van der Waals surface area (Å²) in [7, 11) is 0. The fraction of sp³-hybridized carbons (Fsp3) is 0.167. The van der Waals surface area contributed by atoms with Gasteiger partial charge in [-0.15, -0.1) is 0 Å². The average Bonchev–Trinajstić information content (AvgIpc) is 2.88. The predicted octanol–water partition coefficient (Wildman–Crippen LogP) is 4.85. The van der Waals surface area contributed by atoms with Gasteiger partial charge in [-0.05, 0) is 60.9 Å². The molecule has 1 aliphatic heterocycles. The van der Waals surface area contributed by atoms with Crippen molar-refractivity contribution < 1.29 is 9.59 Å². The fourth-order valence-corrected chi connectivity index (χ4v) is 3.55. The lowest BCUT2D eigenvalue weighted by atomic mass is 10.0. The molecule has 0 aliphatic carbocycles. The van der Waals surface area contributed by atoms with Crippen LogP contribution < -0.4 is 10.2 Å². The number of aliphatic imine (C=N–C) groups is 1. The van der Waals surface area contributed by atoms with Crippen molar-refractivity contribution in [3.05, 3.63) is 82.5 Å². The van der Waals surface area contributed by atoms with Crippen LogP contribution in [0.2, 0.25) is 5.02 Å². The highest BCUT2D eigenvalue weighted by Crippen LogP contribution is 2.31. The molecule has 2 amide bonds. The zero-order chi connectivity index (χ0) is 22.0. The zero-order valence-electron chi connectivity index (χ0n) is 17.2. The number of halogens is 1. The number of nitrogens with one attached hydrogen (secondary N) is 1. The summed E-state index contributed by atoms with van der Waals surface area (Å²) in [6.07, 6.45) is 1.65. The molecule has 0 radical (unpaired) electrons. The first-order valence-electron chi connectivity index (χ1n) is 9.87. The first-order valence-corrected chi connectivity index (χ1v) is 10.2. The summed E-state index contributed by atoms with van der Waals surface area (Å²) in [5, 5.41) is 3.18. The number of carbonyl (C=O) groups is 2. The highest BCUT2D eigenvalue weighted by Gasteiger charge is 2.28. The van der Waals surface area contributed by atoms with Crippen LogP contribution in [-0.2, 0) is 9.59 Å². The van der Waals surface area contributed by atoms with Crippen LogP contribution in [0.15, 0.2) is 65.8 Å². The third-order valence-electron chi connectivity index (χ3n) is 5.19. The third-order valence-corrected chi connectivity index (χ3v) is 5.52. The van der Waals surface area contributed by atoms with Crippen LogP contribution in [0.1, 0.15) is 23.1 Å². The Labute approximate surface area is 185 Å². The van der Waals surface area contributed by atoms with Gasteiger partial charge in [0.2, 0.25) is 11.8 Å². The van der Waals surface area contributed by atoms with Crippen LogP contribution in [0.4, 0.5) is 17.2 Å². The maximum atomic E-state index is 13.2. The van der Waals surface area contributed by atoms with Gasteiger partial charge in [0.25, 0.3) is 0 Å². The standard InChI is InChI=1S/C24H21ClN4O2/c1-15-9-10-17(12-16(15)2)21-13-23(31)29(24-20(27-21)8-5-11-26-24)14-22(30)28-19-7-4-3-6-18(19)25/h3-12H,13-14H2,1-2H3,(H,28,30). The molecule has 31 heavy (non-hydrogen) atoms. The number of aromatic nitrogens is 1. The molecule has 0 atom stereocenters. The Hall–Kier alpha value is -3.51. The molecule has 0 bridgehead atoms. The van der Waals surface area contributed by atoms with Crippen molar-refractivity contribution in [2.45, 2.75) is 20.3 Å². The molecule has 4 rings (SSSR count). The molecule has 2 heterocycles. The zero-order valence-corrected chi connectivity index (χ0v) is 18.0. The van der Waals surface area contributed by atoms with Gasteiger partial charge < -0.3 is 5.32 Å². The number of fused-ring (bicyclic) bond motifs is 1. The number of benzene rings is 2. The van der Waals surface area contributed by atoms with E-state index in [4.69, 9.17) is 16.6 Å². The minimum Gasteiger partial charge on any atom is -0.323 e. The largest absolute Gasteiger partial charge is 0.323 e. The molecule has 0 unspecified atom stereocenters. The monoisotopic (exact) mass is 432 g/mol. The number of rotatable bonds is 4. The number of hydrogen-bond acceptors (Lipinski definition) is 4. The van der Waals surface area contributed by atoms with E-state index in [9.17, 15) is 9.59 Å². The second-order valence-electron chi connectivity index (χ2n) is 7.39. The van der Waals surface area contributed by atoms with E-state index in [1.54, 1.807) is 42.6 Å². The van der Waals surface area contributed by atoms with Gasteiger partial charge in [0.1, 0.15) is 12.2 Å². The van der Waals surface area contributed by atoms with Crippen LogP contribution >= 0.6 is 11.6 Å². The first-order chi connectivity index (χ1) is 14.9. The number of para-hydroxylation sites is 1. The number of carbonyl (C=O) groups excluding carboxylic acids is 2. The number of nitrogens with zero attached hydrogens (tertiary/aromatic N) is 3. The Bertz CT molecular complexity index is 1210. The molecule has 0 saturated heterocycles. The average molecular weight is 433 g/mol. The summed E-state index contributed by atoms with van der Waals surface area (Å²) in [5.74, 6) is -0.253. The number of amides is 2. The Morgan fingerprint density at radius 2 is 1.90 bits per heavy atom. The molecular formula is C24H21ClN4O2. The Balaban J connectivity index is 1.63. The van der Waals surface area contributed by atoms with Crippen LogP contribution in [0.5, 0.6) is 0 Å². The summed E-state index contributed by atoms with van der Waals surface area (Å²) >= 11 is 6.13. The van der Waals surface area contributed by atoms with Gasteiger partial charge in [0.05, 0.1) is 22.8 Å². The van der Waals surface area contributed by atoms with E-state index in [1.807, 2.05) is 32.0 Å². The van der Waals surface area contributed by atoms with Gasteiger partial charge in [0, 0.05) is 6.20 Å². The van der Waals surface area contributed by atoms with Crippen molar-refractivity contribution in [3.8, 4) is 0 Å². The number of aryl methyl sites for hydroxylation is 2. The van der Waals surface area contributed by atoms with Gasteiger partial charge in [0.15, 0.2) is 5.82 Å². The van der Waals surface area contributed by atoms with E-state index in [0.717, 1.165) is 11.1 Å². The van der Waals surface area contributed by atoms with E-state index in [-0.39, 0.29) is 24.8 Å². The molecule has 1 aliphatic rings. The first kappa shape index (κ1) is 20.8. The van der Waals surface area contributed by atoms with E-state index < -0.39 is 0 Å². The summed E-state index contributed by atoms with van der Waals surface area (Å²) in [5.41, 5.74) is 4.87. The van der Waals surface area contributed by atoms with Crippen LogP contribution in [-0.4, -0.2) is 29.1 Å². The maximum Gasteiger partial charge on any atom is 0.244 e. The van der Waals surface area contributed by atoms with Crippen LogP contribution in [0, 0.1) is 13.8 Å². The highest BCUT2D eigenvalue weighted by molar-refractivity contribution is 6.33. The number of pyridine rings is 1. The molecule has 156 valence electrons. The fourth-order valence-electron chi connectivity index (χ4n) is 3.37. The van der Waals surface area contributed by atoms with Crippen molar-refractivity contribution >= 4 is 46.3 Å². The van der Waals surface area contributed by atoms with E-state index in [0.29, 0.717) is 27.9 Å². The third kappa shape index (κ3) is 4.49. The Morgan fingerprint density at radius 3 is 2.68 bits per heavy atom. The quantitative estimate of drug-likeness (QED) is 0.640. The van der Waals surface area contributed by atoms with Crippen molar-refractivity contribution in [1.82, 2.24) is 4.98 Å². The van der Waals surface area contributed by atoms with E-state index in [1.165, 1.54) is 10.5 Å². The molecular weight excluding hydrogens is 412 g/mol. The number of anilines is 2. The highest BCUT2D eigenvalue weighted by atomic mass is 35.5. The van der Waals surface area contributed by atoms with Crippen LogP contribution in [0.25, 0.3) is 0 Å². The predicted molar refractivity (Wildman–Crippen MR) is 123 cm³/mol. The molecule has 0 saturated carbocycles. The molecule has 6 nitrogen and oxygen atoms in total. The Morgan fingerprint density at radius 1 is 1.10 bits per heavy atom. The molecule has 3 aromatic rings. The van der Waals surface area contributed by atoms with Crippen molar-refractivity contribution in [3.63, 3.8) is 0 Å². The van der Waals surface area contributed by atoms with Crippen molar-refractivity contribution in [2.75, 3.05) is 16.8 Å². The number of hydrogen-bond donors (Lipinski definition) is 1. The SMILES string of the molecule is Cc1ccc(C2=Nc3cccnc3N(CC(=O)Nc3ccccc3Cl)C(=O)C2)cc1C. The van der Waals surface area contributed by atoms with Gasteiger partial charge in [-0.1, -0.05) is 35.9 Å². The molecule has 0 fully saturated rings. The minimum absolute atomic E-state index is 0.0677. The lowest BCUT2D eigenvalue weighted by Crippen LogP contribution is -2.39. The van der Waals surface area contributed by atoms with Crippen molar-refractivity contribution in [2.24, 2.45) is 4.99 Å². The molecule has 2 aromatic carbocycles. The van der Waals surface area contributed by atoms with Gasteiger partial charge in [-0.25, -0.2) is 9.98 Å². The summed E-state index contributed by atoms with van der Waals surface area (Å²) in [6.45, 7) is 3.88. The topological polar surface area (TPSA) is 74.7 Å². The molecule has 1 N–H and O–H groups in total. The molecule has 0 spiro atoms. The second kappa shape index (κ2) is 8.70. The van der Waals surface area contributed by atoms with Gasteiger partial charge in [-0.3, -0.25) is 14.5 Å². The normalized spacial score (nSPS) is 13.3. The minimum atomic E-state index is -0.368.